The number of aromatic nitrogens is 2. The zero-order valence-corrected chi connectivity index (χ0v) is 49.0. The van der Waals surface area contributed by atoms with Crippen LogP contribution in [0.4, 0.5) is 13.2 Å². The van der Waals surface area contributed by atoms with Crippen LogP contribution in [0.25, 0.3) is 27.7 Å². The molecule has 2 aliphatic carbocycles. The molecule has 3 amide bonds. The third kappa shape index (κ3) is 11.8. The minimum atomic E-state index is -4.60. The number of hydrogen-bond acceptors (Lipinski definition) is 16. The maximum Gasteiger partial charge on any atom is 0.406 e. The first-order valence-corrected chi connectivity index (χ1v) is 31.3. The number of alkyl halides is 3. The molecular weight excluding hydrogens is 1090 g/mol. The second-order valence-electron chi connectivity index (χ2n) is 26.2. The second-order valence-corrected chi connectivity index (χ2v) is 27.1. The third-order valence-electron chi connectivity index (χ3n) is 19.5. The summed E-state index contributed by atoms with van der Waals surface area (Å²) < 4.78 is 71.6. The van der Waals surface area contributed by atoms with Gasteiger partial charge in [-0.15, -0.1) is 11.3 Å². The topological polar surface area (TPSA) is 198 Å². The number of thiazole rings is 1. The molecule has 19 nitrogen and oxygen atoms in total. The van der Waals surface area contributed by atoms with Gasteiger partial charge < -0.3 is 33.7 Å². The molecule has 8 atom stereocenters. The number of piperazine rings is 1. The summed E-state index contributed by atoms with van der Waals surface area (Å²) >= 11 is 1.35. The highest BCUT2D eigenvalue weighted by molar-refractivity contribution is 7.10. The molecule has 23 heteroatoms. The molecule has 8 fully saturated rings. The highest BCUT2D eigenvalue weighted by Gasteiger charge is 2.58. The molecule has 0 unspecified atom stereocenters. The van der Waals surface area contributed by atoms with E-state index in [1.807, 2.05) is 49.4 Å². The third-order valence-corrected chi connectivity index (χ3v) is 20.4. The Hall–Kier alpha value is -4.85. The van der Waals surface area contributed by atoms with Crippen LogP contribution < -0.4 is 16.1 Å². The maximum atomic E-state index is 15.3. The summed E-state index contributed by atoms with van der Waals surface area (Å²) in [6.07, 6.45) is 4.44. The van der Waals surface area contributed by atoms with E-state index in [0.29, 0.717) is 127 Å². The minimum Gasteiger partial charge on any atom is -0.464 e. The van der Waals surface area contributed by atoms with E-state index < -0.39 is 59.8 Å². The van der Waals surface area contributed by atoms with Crippen molar-refractivity contribution in [2.45, 2.75) is 158 Å². The predicted molar refractivity (Wildman–Crippen MR) is 305 cm³/mol. The van der Waals surface area contributed by atoms with Crippen molar-refractivity contribution in [1.29, 1.82) is 0 Å². The van der Waals surface area contributed by atoms with Gasteiger partial charge in [-0.25, -0.2) is 10.4 Å². The summed E-state index contributed by atoms with van der Waals surface area (Å²) in [6, 6.07) is 3.15. The fourth-order valence-electron chi connectivity index (χ4n) is 14.9. The van der Waals surface area contributed by atoms with Gasteiger partial charge in [-0.3, -0.25) is 49.2 Å². The number of hydrogen-bond donors (Lipinski definition) is 3. The van der Waals surface area contributed by atoms with Gasteiger partial charge in [0.2, 0.25) is 11.8 Å². The van der Waals surface area contributed by atoms with Gasteiger partial charge in [-0.1, -0.05) is 32.8 Å². The number of nitrogens with zero attached hydrogens (tertiary/aromatic N) is 8. The number of carbonyl (C=O) groups is 4. The van der Waals surface area contributed by atoms with Crippen molar-refractivity contribution < 1.29 is 51.3 Å². The first kappa shape index (κ1) is 57.2. The van der Waals surface area contributed by atoms with Gasteiger partial charge in [0, 0.05) is 117 Å². The van der Waals surface area contributed by atoms with E-state index in [1.165, 1.54) is 33.8 Å². The number of nitrogens with one attached hydrogen (secondary N) is 3. The summed E-state index contributed by atoms with van der Waals surface area (Å²) in [6.45, 7) is 11.7. The van der Waals surface area contributed by atoms with Crippen molar-refractivity contribution in [3.05, 3.63) is 45.5 Å². The van der Waals surface area contributed by atoms with Crippen molar-refractivity contribution in [3.63, 3.8) is 0 Å². The summed E-state index contributed by atoms with van der Waals surface area (Å²) in [5.41, 5.74) is 5.82. The maximum absolute atomic E-state index is 15.3. The van der Waals surface area contributed by atoms with Gasteiger partial charge in [0.1, 0.15) is 30.3 Å². The van der Waals surface area contributed by atoms with Crippen LogP contribution in [0.1, 0.15) is 94.8 Å². The van der Waals surface area contributed by atoms with E-state index in [9.17, 15) is 9.59 Å². The number of halogens is 3. The summed E-state index contributed by atoms with van der Waals surface area (Å²) in [7, 11) is 1.58. The van der Waals surface area contributed by atoms with Crippen LogP contribution in [0, 0.1) is 17.3 Å². The van der Waals surface area contributed by atoms with Crippen molar-refractivity contribution in [2.24, 2.45) is 22.2 Å². The van der Waals surface area contributed by atoms with E-state index in [1.54, 1.807) is 13.2 Å². The van der Waals surface area contributed by atoms with Gasteiger partial charge in [0.05, 0.1) is 73.8 Å². The highest BCUT2D eigenvalue weighted by Crippen LogP contribution is 2.45. The number of likely N-dealkylation sites (tertiary alicyclic amines) is 1. The Bertz CT molecular complexity index is 3040. The number of amides is 3. The van der Waals surface area contributed by atoms with Gasteiger partial charge in [-0.2, -0.15) is 13.2 Å². The van der Waals surface area contributed by atoms with E-state index in [2.05, 4.69) is 30.8 Å². The number of fused-ring (bicyclic) bond motifs is 7. The lowest BCUT2D eigenvalue weighted by Gasteiger charge is -2.55. The minimum absolute atomic E-state index is 0.0491. The fraction of sp³-hybridized carbons (Fsp3) is 0.700. The molecule has 83 heavy (non-hydrogen) atoms. The van der Waals surface area contributed by atoms with Crippen molar-refractivity contribution in [1.82, 2.24) is 50.2 Å². The Morgan fingerprint density at radius 1 is 0.976 bits per heavy atom. The number of morpholine rings is 2. The van der Waals surface area contributed by atoms with Crippen LogP contribution in [-0.2, 0) is 57.5 Å². The predicted octanol–water partition coefficient (Wildman–Crippen LogP) is 4.80. The molecule has 0 radical (unpaired) electrons. The van der Waals surface area contributed by atoms with Gasteiger partial charge in [0.25, 0.3) is 5.91 Å². The quantitative estimate of drug-likeness (QED) is 0.175. The van der Waals surface area contributed by atoms with E-state index in [4.69, 9.17) is 28.9 Å². The molecule has 8 aliphatic heterocycles. The molecule has 10 heterocycles. The highest BCUT2D eigenvalue weighted by atomic mass is 32.1. The standard InChI is InChI=1S/C60H80F3N11O8S/c1-35(79-4)49-42(23-39(26-64-49)70-17-16-69-18-20-80-28-40(69)27-70)53-43-25-58(2,3)34-81-57(78)44-10-7-15-74(68-44)55(76)45(24-48-65-46(29-83-48)38-13-14-47(41(43)22-38)73(53)33-60(61,62)63)66-54(75)52(37-8-5-6-9-37)71-19-21-82-59(30-71)31-72(32-59)56(77)51-50(67-51)36-11-12-36/h13-14,22,26,29,35-37,39-40,44-45,50-52,67-68H,5-12,15-21,23-25,27-28,30-34H2,1-4H3,(H,66,75)/t35-,39+,40-,44-,45-,50+,51+,52-/m0/s1. The van der Waals surface area contributed by atoms with E-state index in [-0.39, 0.29) is 61.3 Å². The smallest absolute Gasteiger partial charge is 0.406 e. The zero-order valence-electron chi connectivity index (χ0n) is 48.2. The number of ether oxygens (including phenoxy) is 4. The molecule has 2 saturated carbocycles. The average molecular weight is 1170 g/mol. The van der Waals surface area contributed by atoms with Crippen molar-refractivity contribution in [2.75, 3.05) is 92.4 Å². The van der Waals surface area contributed by atoms with Gasteiger partial charge in [0.15, 0.2) is 0 Å². The largest absolute Gasteiger partial charge is 0.464 e. The molecule has 450 valence electrons. The molecule has 3 aromatic rings. The second kappa shape index (κ2) is 22.8. The van der Waals surface area contributed by atoms with Crippen molar-refractivity contribution >= 4 is 57.7 Å². The Balaban J connectivity index is 0.836. The molecule has 6 saturated heterocycles. The van der Waals surface area contributed by atoms with Crippen LogP contribution in [0.2, 0.25) is 0 Å². The number of rotatable bonds is 11. The average Bonchev–Trinajstić information content (AvgIpc) is 3.27. The summed E-state index contributed by atoms with van der Waals surface area (Å²) in [5, 5.41) is 11.2. The van der Waals surface area contributed by atoms with Crippen LogP contribution in [0.3, 0.4) is 0 Å². The number of esters is 1. The molecule has 1 spiro atoms. The molecule has 10 aliphatic rings. The van der Waals surface area contributed by atoms with Gasteiger partial charge >= 0.3 is 12.1 Å². The molecule has 3 N–H and O–H groups in total. The van der Waals surface area contributed by atoms with Crippen LogP contribution in [-0.4, -0.2) is 217 Å². The Morgan fingerprint density at radius 2 is 1.78 bits per heavy atom. The number of methoxy groups -OCH3 is 1. The lowest BCUT2D eigenvalue weighted by atomic mass is 9.83. The normalized spacial score (nSPS) is 30.0. The number of carbonyl (C=O) groups excluding carboxylic acids is 4. The Labute approximate surface area is 486 Å². The molecule has 1 aromatic carbocycles. The number of cyclic esters (lactones) is 1. The molecule has 2 aromatic heterocycles. The number of aliphatic imine (C=N–C) groups is 1. The zero-order chi connectivity index (χ0) is 57.5. The number of hydrazine groups is 1. The molecular formula is C60H80F3N11O8S. The lowest BCUT2D eigenvalue weighted by molar-refractivity contribution is -0.197. The van der Waals surface area contributed by atoms with Crippen LogP contribution in [0.15, 0.2) is 34.3 Å². The van der Waals surface area contributed by atoms with Crippen LogP contribution >= 0.6 is 11.3 Å². The Kier molecular flexibility index (Phi) is 15.7. The summed E-state index contributed by atoms with van der Waals surface area (Å²) in [4.78, 5) is 77.2. The molecule has 6 bridgehead atoms. The first-order valence-electron chi connectivity index (χ1n) is 30.4. The molecule has 13 rings (SSSR count). The monoisotopic (exact) mass is 1170 g/mol. The lowest BCUT2D eigenvalue weighted by Crippen LogP contribution is -2.73. The van der Waals surface area contributed by atoms with E-state index >= 15 is 22.8 Å². The first-order chi connectivity index (χ1) is 39.9. The van der Waals surface area contributed by atoms with Gasteiger partial charge in [-0.05, 0) is 87.8 Å². The van der Waals surface area contributed by atoms with E-state index in [0.717, 1.165) is 51.9 Å². The Morgan fingerprint density at radius 3 is 2.57 bits per heavy atom. The fourth-order valence-corrected chi connectivity index (χ4v) is 15.8. The SMILES string of the molecule is CO[C@@H](C)C1=C(c2c3c4cc(ccc4n2CC(F)(F)F)-c2csc(n2)C[C@H](NC(=O)[C@H](C2CCCC2)N2CCOC4(CN(C(=O)[C@@H]5N[C@@H]5C5CC5)C4)C2)C(=O)N2CCC[C@H](N2)C(=O)OCC(C)(C)C3)C[C@@H](N2CCN3CCOC[C@@H]3C2)C=N1. The van der Waals surface area contributed by atoms with Crippen LogP contribution in [0.5, 0.6) is 0 Å². The number of benzene rings is 1. The summed E-state index contributed by atoms with van der Waals surface area (Å²) in [5.74, 6) is -0.427. The van der Waals surface area contributed by atoms with Crippen molar-refractivity contribution in [3.8, 4) is 11.3 Å².